The van der Waals surface area contributed by atoms with Crippen LogP contribution >= 0.6 is 12.4 Å². The Labute approximate surface area is 140 Å². The minimum Gasteiger partial charge on any atom is -0.344 e. The summed E-state index contributed by atoms with van der Waals surface area (Å²) in [5.41, 5.74) is 6.23. The fourth-order valence-corrected chi connectivity index (χ4v) is 3.26. The SMILES string of the molecule is CN(CCC1CCCCC1)C(=O)C(C)(N)c1ccccc1.Cl. The predicted molar refractivity (Wildman–Crippen MR) is 94.1 cm³/mol. The smallest absolute Gasteiger partial charge is 0.246 e. The lowest BCUT2D eigenvalue weighted by Crippen LogP contribution is -2.50. The number of hydrogen-bond acceptors (Lipinski definition) is 2. The highest BCUT2D eigenvalue weighted by Gasteiger charge is 2.33. The Balaban J connectivity index is 0.00000242. The van der Waals surface area contributed by atoms with E-state index in [2.05, 4.69) is 0 Å². The quantitative estimate of drug-likeness (QED) is 0.897. The molecule has 3 nitrogen and oxygen atoms in total. The maximum absolute atomic E-state index is 12.6. The summed E-state index contributed by atoms with van der Waals surface area (Å²) in [6.45, 7) is 2.62. The Morgan fingerprint density at radius 1 is 1.23 bits per heavy atom. The lowest BCUT2D eigenvalue weighted by atomic mass is 9.86. The number of hydrogen-bond donors (Lipinski definition) is 1. The van der Waals surface area contributed by atoms with Crippen molar-refractivity contribution in [1.82, 2.24) is 4.90 Å². The van der Waals surface area contributed by atoms with Crippen LogP contribution in [0, 0.1) is 5.92 Å². The predicted octanol–water partition coefficient (Wildman–Crippen LogP) is 3.71. The largest absolute Gasteiger partial charge is 0.344 e. The molecule has 2 N–H and O–H groups in total. The average molecular weight is 325 g/mol. The van der Waals surface area contributed by atoms with Gasteiger partial charge in [0.25, 0.3) is 0 Å². The van der Waals surface area contributed by atoms with E-state index in [4.69, 9.17) is 5.73 Å². The van der Waals surface area contributed by atoms with Crippen LogP contribution < -0.4 is 5.73 Å². The van der Waals surface area contributed by atoms with Gasteiger partial charge in [-0.15, -0.1) is 12.4 Å². The number of nitrogens with zero attached hydrogens (tertiary/aromatic N) is 1. The number of carbonyl (C=O) groups is 1. The molecule has 1 aliphatic rings. The third-order valence-corrected chi connectivity index (χ3v) is 4.76. The van der Waals surface area contributed by atoms with Gasteiger partial charge in [-0.3, -0.25) is 4.79 Å². The normalized spacial score (nSPS) is 18.1. The molecule has 1 fully saturated rings. The van der Waals surface area contributed by atoms with Crippen molar-refractivity contribution in [3.05, 3.63) is 35.9 Å². The number of rotatable bonds is 5. The van der Waals surface area contributed by atoms with Gasteiger partial charge >= 0.3 is 0 Å². The standard InChI is InChI=1S/C18H28N2O.ClH/c1-18(19,16-11-7-4-8-12-16)17(21)20(2)14-13-15-9-5-3-6-10-15;/h4,7-8,11-12,15H,3,5-6,9-10,13-14,19H2,1-2H3;1H. The zero-order valence-corrected chi connectivity index (χ0v) is 14.6. The Morgan fingerprint density at radius 3 is 2.41 bits per heavy atom. The molecular weight excluding hydrogens is 296 g/mol. The minimum absolute atomic E-state index is 0. The maximum Gasteiger partial charge on any atom is 0.246 e. The Bertz CT molecular complexity index is 455. The van der Waals surface area contributed by atoms with Crippen molar-refractivity contribution in [1.29, 1.82) is 0 Å². The van der Waals surface area contributed by atoms with Gasteiger partial charge in [-0.2, -0.15) is 0 Å². The van der Waals surface area contributed by atoms with Crippen LogP contribution in [0.25, 0.3) is 0 Å². The molecule has 0 radical (unpaired) electrons. The van der Waals surface area contributed by atoms with Crippen LogP contribution in [0.3, 0.4) is 0 Å². The summed E-state index contributed by atoms with van der Waals surface area (Å²) in [5.74, 6) is 0.791. The van der Waals surface area contributed by atoms with Crippen LogP contribution in [0.1, 0.15) is 51.0 Å². The molecule has 0 aliphatic heterocycles. The molecule has 1 aromatic carbocycles. The van der Waals surface area contributed by atoms with Crippen molar-refractivity contribution >= 4 is 18.3 Å². The second kappa shape index (κ2) is 8.54. The Kier molecular flexibility index (Phi) is 7.37. The molecule has 1 unspecified atom stereocenters. The monoisotopic (exact) mass is 324 g/mol. The molecule has 1 amide bonds. The molecule has 124 valence electrons. The van der Waals surface area contributed by atoms with Crippen molar-refractivity contribution in [3.63, 3.8) is 0 Å². The number of nitrogens with two attached hydrogens (primary N) is 1. The molecule has 4 heteroatoms. The van der Waals surface area contributed by atoms with Gasteiger partial charge in [0.05, 0.1) is 0 Å². The Hall–Kier alpha value is -1.06. The number of benzene rings is 1. The van der Waals surface area contributed by atoms with Crippen molar-refractivity contribution in [2.75, 3.05) is 13.6 Å². The van der Waals surface area contributed by atoms with E-state index in [-0.39, 0.29) is 18.3 Å². The average Bonchev–Trinajstić information content (AvgIpc) is 2.53. The summed E-state index contributed by atoms with van der Waals surface area (Å²) in [7, 11) is 1.87. The van der Waals surface area contributed by atoms with Crippen molar-refractivity contribution in [2.24, 2.45) is 11.7 Å². The molecule has 0 saturated heterocycles. The van der Waals surface area contributed by atoms with Gasteiger partial charge in [-0.05, 0) is 24.8 Å². The van der Waals surface area contributed by atoms with Gasteiger partial charge in [-0.1, -0.05) is 62.4 Å². The third-order valence-electron chi connectivity index (χ3n) is 4.76. The molecule has 1 saturated carbocycles. The highest BCUT2D eigenvalue weighted by atomic mass is 35.5. The topological polar surface area (TPSA) is 46.3 Å². The summed E-state index contributed by atoms with van der Waals surface area (Å²) in [6, 6.07) is 9.64. The maximum atomic E-state index is 12.6. The van der Waals surface area contributed by atoms with E-state index in [1.165, 1.54) is 32.1 Å². The highest BCUT2D eigenvalue weighted by Crippen LogP contribution is 2.27. The molecule has 1 aliphatic carbocycles. The molecule has 0 heterocycles. The molecule has 0 spiro atoms. The van der Waals surface area contributed by atoms with E-state index in [1.807, 2.05) is 49.2 Å². The van der Waals surface area contributed by atoms with Crippen molar-refractivity contribution in [2.45, 2.75) is 51.0 Å². The summed E-state index contributed by atoms with van der Waals surface area (Å²) in [6.07, 6.45) is 7.82. The summed E-state index contributed by atoms with van der Waals surface area (Å²) < 4.78 is 0. The van der Waals surface area contributed by atoms with E-state index >= 15 is 0 Å². The first-order valence-electron chi connectivity index (χ1n) is 8.12. The lowest BCUT2D eigenvalue weighted by Gasteiger charge is -2.31. The molecule has 1 aromatic rings. The van der Waals surface area contributed by atoms with Gasteiger partial charge in [0, 0.05) is 13.6 Å². The first kappa shape index (κ1) is 19.0. The molecule has 22 heavy (non-hydrogen) atoms. The zero-order chi connectivity index (χ0) is 15.3. The highest BCUT2D eigenvalue weighted by molar-refractivity contribution is 5.86. The fraction of sp³-hybridized carbons (Fsp3) is 0.611. The first-order valence-corrected chi connectivity index (χ1v) is 8.12. The van der Waals surface area contributed by atoms with Crippen molar-refractivity contribution < 1.29 is 4.79 Å². The summed E-state index contributed by atoms with van der Waals surface area (Å²) >= 11 is 0. The second-order valence-electron chi connectivity index (χ2n) is 6.59. The van der Waals surface area contributed by atoms with E-state index in [0.29, 0.717) is 0 Å². The Morgan fingerprint density at radius 2 is 1.82 bits per heavy atom. The van der Waals surface area contributed by atoms with E-state index in [1.54, 1.807) is 0 Å². The van der Waals surface area contributed by atoms with E-state index < -0.39 is 5.54 Å². The van der Waals surface area contributed by atoms with Gasteiger partial charge < -0.3 is 10.6 Å². The van der Waals surface area contributed by atoms with Gasteiger partial charge in [-0.25, -0.2) is 0 Å². The van der Waals surface area contributed by atoms with Gasteiger partial charge in [0.1, 0.15) is 5.54 Å². The zero-order valence-electron chi connectivity index (χ0n) is 13.8. The number of amides is 1. The van der Waals surface area contributed by atoms with Gasteiger partial charge in [0.2, 0.25) is 5.91 Å². The van der Waals surface area contributed by atoms with Crippen molar-refractivity contribution in [3.8, 4) is 0 Å². The van der Waals surface area contributed by atoms with Gasteiger partial charge in [0.15, 0.2) is 0 Å². The minimum atomic E-state index is -0.942. The second-order valence-corrected chi connectivity index (χ2v) is 6.59. The number of halogens is 1. The molecule has 0 aromatic heterocycles. The van der Waals surface area contributed by atoms with E-state index in [0.717, 1.165) is 24.4 Å². The summed E-state index contributed by atoms with van der Waals surface area (Å²) in [5, 5.41) is 0. The molecule has 1 atom stereocenters. The first-order chi connectivity index (χ1) is 10.0. The number of likely N-dealkylation sites (N-methyl/N-ethyl adjacent to an activating group) is 1. The van der Waals surface area contributed by atoms with Crippen LogP contribution in [0.15, 0.2) is 30.3 Å². The van der Waals surface area contributed by atoms with Crippen LogP contribution in [-0.2, 0) is 10.3 Å². The third kappa shape index (κ3) is 4.72. The van der Waals surface area contributed by atoms with Crippen LogP contribution in [0.2, 0.25) is 0 Å². The van der Waals surface area contributed by atoms with Crippen LogP contribution in [0.4, 0.5) is 0 Å². The molecular formula is C18H29ClN2O. The molecule has 2 rings (SSSR count). The molecule has 0 bridgehead atoms. The van der Waals surface area contributed by atoms with E-state index in [9.17, 15) is 4.79 Å². The van der Waals surface area contributed by atoms with Crippen LogP contribution in [-0.4, -0.2) is 24.4 Å². The lowest BCUT2D eigenvalue weighted by molar-refractivity contribution is -0.135. The fourth-order valence-electron chi connectivity index (χ4n) is 3.26. The van der Waals surface area contributed by atoms with Crippen LogP contribution in [0.5, 0.6) is 0 Å². The number of carbonyl (C=O) groups excluding carboxylic acids is 1. The summed E-state index contributed by atoms with van der Waals surface area (Å²) in [4.78, 5) is 14.4.